The maximum Gasteiger partial charge on any atom is 0.168 e. The molecule has 18 heavy (non-hydrogen) atoms. The zero-order valence-corrected chi connectivity index (χ0v) is 12.0. The van der Waals surface area contributed by atoms with Crippen molar-refractivity contribution in [2.24, 2.45) is 11.7 Å². The van der Waals surface area contributed by atoms with E-state index in [0.717, 1.165) is 35.4 Å². The lowest BCUT2D eigenvalue weighted by molar-refractivity contribution is 0.439. The Morgan fingerprint density at radius 3 is 2.72 bits per heavy atom. The second-order valence-corrected chi connectivity index (χ2v) is 5.64. The van der Waals surface area contributed by atoms with E-state index in [-0.39, 0.29) is 5.11 Å². The number of rotatable bonds is 2. The highest BCUT2D eigenvalue weighted by Gasteiger charge is 2.20. The van der Waals surface area contributed by atoms with Crippen LogP contribution in [0, 0.1) is 5.92 Å². The lowest BCUT2D eigenvalue weighted by Crippen LogP contribution is -2.34. The standard InChI is InChI=1S/C13H18ClN3S/c1-9-5-7-17(8-6-9)12-10(14)3-2-4-11(12)16-13(15)18/h2-4,9H,5-8H2,1H3,(H3,15,16,18). The minimum atomic E-state index is 0.267. The van der Waals surface area contributed by atoms with Gasteiger partial charge in [0.15, 0.2) is 5.11 Å². The number of anilines is 2. The van der Waals surface area contributed by atoms with Gasteiger partial charge in [0.1, 0.15) is 0 Å². The van der Waals surface area contributed by atoms with Gasteiger partial charge in [0.25, 0.3) is 0 Å². The molecular weight excluding hydrogens is 266 g/mol. The maximum absolute atomic E-state index is 6.32. The van der Waals surface area contributed by atoms with Crippen molar-refractivity contribution in [3.63, 3.8) is 0 Å². The molecule has 1 saturated heterocycles. The summed E-state index contributed by atoms with van der Waals surface area (Å²) in [6.45, 7) is 4.34. The molecule has 0 atom stereocenters. The summed E-state index contributed by atoms with van der Waals surface area (Å²) in [6, 6.07) is 5.76. The molecule has 3 N–H and O–H groups in total. The average molecular weight is 284 g/mol. The van der Waals surface area contributed by atoms with Crippen molar-refractivity contribution in [2.45, 2.75) is 19.8 Å². The van der Waals surface area contributed by atoms with Crippen LogP contribution in [0.4, 0.5) is 11.4 Å². The largest absolute Gasteiger partial charge is 0.376 e. The van der Waals surface area contributed by atoms with Gasteiger partial charge in [-0.25, -0.2) is 0 Å². The number of para-hydroxylation sites is 1. The zero-order valence-electron chi connectivity index (χ0n) is 10.4. The molecular formula is C13H18ClN3S. The molecule has 0 aromatic heterocycles. The number of thiocarbonyl (C=S) groups is 1. The van der Waals surface area contributed by atoms with Crippen LogP contribution in [-0.4, -0.2) is 18.2 Å². The Morgan fingerprint density at radius 1 is 1.44 bits per heavy atom. The summed E-state index contributed by atoms with van der Waals surface area (Å²) in [5.74, 6) is 0.788. The molecule has 1 aromatic carbocycles. The van der Waals surface area contributed by atoms with Crippen LogP contribution in [0.5, 0.6) is 0 Å². The second-order valence-electron chi connectivity index (χ2n) is 4.79. The number of piperidine rings is 1. The van der Waals surface area contributed by atoms with E-state index in [2.05, 4.69) is 17.1 Å². The molecule has 1 aliphatic rings. The minimum absolute atomic E-state index is 0.267. The molecule has 1 aromatic rings. The summed E-state index contributed by atoms with van der Waals surface area (Å²) in [6.07, 6.45) is 2.38. The van der Waals surface area contributed by atoms with Crippen molar-refractivity contribution in [2.75, 3.05) is 23.3 Å². The predicted molar refractivity (Wildman–Crippen MR) is 82.5 cm³/mol. The van der Waals surface area contributed by atoms with Crippen LogP contribution in [0.15, 0.2) is 18.2 Å². The first-order valence-electron chi connectivity index (χ1n) is 6.18. The molecule has 0 saturated carbocycles. The molecule has 1 heterocycles. The number of nitrogens with two attached hydrogens (primary N) is 1. The smallest absolute Gasteiger partial charge is 0.168 e. The topological polar surface area (TPSA) is 41.3 Å². The van der Waals surface area contributed by atoms with Crippen molar-refractivity contribution in [3.8, 4) is 0 Å². The Bertz CT molecular complexity index is 442. The first-order valence-corrected chi connectivity index (χ1v) is 6.96. The van der Waals surface area contributed by atoms with E-state index in [1.165, 1.54) is 12.8 Å². The Labute approximate surface area is 118 Å². The summed E-state index contributed by atoms with van der Waals surface area (Å²) >= 11 is 11.2. The van der Waals surface area contributed by atoms with Gasteiger partial charge in [0, 0.05) is 13.1 Å². The lowest BCUT2D eigenvalue weighted by Gasteiger charge is -2.34. The number of nitrogens with zero attached hydrogens (tertiary/aromatic N) is 1. The van der Waals surface area contributed by atoms with Gasteiger partial charge in [0.2, 0.25) is 0 Å². The third-order valence-electron chi connectivity index (χ3n) is 3.34. The van der Waals surface area contributed by atoms with Crippen LogP contribution in [0.1, 0.15) is 19.8 Å². The van der Waals surface area contributed by atoms with Gasteiger partial charge in [-0.3, -0.25) is 0 Å². The molecule has 0 radical (unpaired) electrons. The second kappa shape index (κ2) is 5.76. The average Bonchev–Trinajstić information content (AvgIpc) is 2.30. The van der Waals surface area contributed by atoms with Crippen molar-refractivity contribution in [3.05, 3.63) is 23.2 Å². The summed E-state index contributed by atoms with van der Waals surface area (Å²) < 4.78 is 0. The van der Waals surface area contributed by atoms with Crippen molar-refractivity contribution in [1.29, 1.82) is 0 Å². The normalized spacial score (nSPS) is 16.7. The van der Waals surface area contributed by atoms with Gasteiger partial charge in [-0.15, -0.1) is 0 Å². The van der Waals surface area contributed by atoms with E-state index in [1.54, 1.807) is 0 Å². The summed E-state index contributed by atoms with van der Waals surface area (Å²) in [5.41, 5.74) is 7.46. The van der Waals surface area contributed by atoms with Gasteiger partial charge < -0.3 is 16.0 Å². The van der Waals surface area contributed by atoms with Gasteiger partial charge >= 0.3 is 0 Å². The molecule has 5 heteroatoms. The molecule has 1 fully saturated rings. The molecule has 0 aliphatic carbocycles. The maximum atomic E-state index is 6.32. The molecule has 0 bridgehead atoms. The van der Waals surface area contributed by atoms with Crippen LogP contribution in [-0.2, 0) is 0 Å². The van der Waals surface area contributed by atoms with Crippen LogP contribution < -0.4 is 16.0 Å². The number of benzene rings is 1. The summed E-state index contributed by atoms with van der Waals surface area (Å²) in [7, 11) is 0. The van der Waals surface area contributed by atoms with Crippen molar-refractivity contribution >= 4 is 40.3 Å². The van der Waals surface area contributed by atoms with Gasteiger partial charge in [0.05, 0.1) is 16.4 Å². The molecule has 2 rings (SSSR count). The fourth-order valence-electron chi connectivity index (χ4n) is 2.30. The van der Waals surface area contributed by atoms with Crippen LogP contribution >= 0.6 is 23.8 Å². The number of hydrogen-bond acceptors (Lipinski definition) is 2. The first kappa shape index (κ1) is 13.4. The molecule has 3 nitrogen and oxygen atoms in total. The van der Waals surface area contributed by atoms with E-state index in [4.69, 9.17) is 29.6 Å². The fourth-order valence-corrected chi connectivity index (χ4v) is 2.71. The Kier molecular flexibility index (Phi) is 4.30. The molecule has 0 unspecified atom stereocenters. The number of halogens is 1. The van der Waals surface area contributed by atoms with Gasteiger partial charge in [-0.2, -0.15) is 0 Å². The highest BCUT2D eigenvalue weighted by molar-refractivity contribution is 7.80. The minimum Gasteiger partial charge on any atom is -0.376 e. The highest BCUT2D eigenvalue weighted by atomic mass is 35.5. The third-order valence-corrected chi connectivity index (χ3v) is 3.75. The van der Waals surface area contributed by atoms with Crippen LogP contribution in [0.25, 0.3) is 0 Å². The Balaban J connectivity index is 2.27. The summed E-state index contributed by atoms with van der Waals surface area (Å²) in [5, 5.41) is 4.01. The van der Waals surface area contributed by atoms with E-state index in [1.807, 2.05) is 18.2 Å². The lowest BCUT2D eigenvalue weighted by atomic mass is 9.98. The fraction of sp³-hybridized carbons (Fsp3) is 0.462. The zero-order chi connectivity index (χ0) is 13.1. The third kappa shape index (κ3) is 3.06. The number of hydrogen-bond donors (Lipinski definition) is 2. The Hall–Kier alpha value is -1.00. The quantitative estimate of drug-likeness (QED) is 0.818. The Morgan fingerprint density at radius 2 is 2.11 bits per heavy atom. The van der Waals surface area contributed by atoms with E-state index in [9.17, 15) is 0 Å². The highest BCUT2D eigenvalue weighted by Crippen LogP contribution is 2.36. The van der Waals surface area contributed by atoms with E-state index in [0.29, 0.717) is 0 Å². The van der Waals surface area contributed by atoms with E-state index >= 15 is 0 Å². The van der Waals surface area contributed by atoms with Crippen molar-refractivity contribution in [1.82, 2.24) is 0 Å². The predicted octanol–water partition coefficient (Wildman–Crippen LogP) is 3.23. The molecule has 0 spiro atoms. The number of nitrogens with one attached hydrogen (secondary N) is 1. The molecule has 98 valence electrons. The van der Waals surface area contributed by atoms with Crippen molar-refractivity contribution < 1.29 is 0 Å². The molecule has 0 amide bonds. The monoisotopic (exact) mass is 283 g/mol. The van der Waals surface area contributed by atoms with E-state index < -0.39 is 0 Å². The first-order chi connectivity index (χ1) is 8.58. The SMILES string of the molecule is CC1CCN(c2c(Cl)cccc2NC(N)=S)CC1. The van der Waals surface area contributed by atoms with Gasteiger partial charge in [-0.1, -0.05) is 24.6 Å². The molecule has 1 aliphatic heterocycles. The van der Waals surface area contributed by atoms with Gasteiger partial charge in [-0.05, 0) is 43.1 Å². The summed E-state index contributed by atoms with van der Waals surface area (Å²) in [4.78, 5) is 2.31. The van der Waals surface area contributed by atoms with Crippen LogP contribution in [0.3, 0.4) is 0 Å². The van der Waals surface area contributed by atoms with Crippen LogP contribution in [0.2, 0.25) is 5.02 Å².